The highest BCUT2D eigenvalue weighted by molar-refractivity contribution is 5.92. The van der Waals surface area contributed by atoms with Gasteiger partial charge in [0.15, 0.2) is 11.5 Å². The van der Waals surface area contributed by atoms with Gasteiger partial charge in [0.2, 0.25) is 0 Å². The van der Waals surface area contributed by atoms with Gasteiger partial charge in [-0.3, -0.25) is 0 Å². The summed E-state index contributed by atoms with van der Waals surface area (Å²) in [6, 6.07) is 10.1. The van der Waals surface area contributed by atoms with Crippen molar-refractivity contribution in [2.45, 2.75) is 13.5 Å². The predicted octanol–water partition coefficient (Wildman–Crippen LogP) is 2.80. The molecule has 0 aliphatic heterocycles. The summed E-state index contributed by atoms with van der Waals surface area (Å²) in [6.07, 6.45) is 0. The van der Waals surface area contributed by atoms with Gasteiger partial charge in [0, 0.05) is 17.8 Å². The molecule has 2 aromatic carbocycles. The molecule has 0 atom stereocenters. The van der Waals surface area contributed by atoms with Crippen LogP contribution in [0.4, 0.5) is 5.69 Å². The third-order valence-corrected chi connectivity index (χ3v) is 3.31. The Kier molecular flexibility index (Phi) is 4.33. The number of hydrogen-bond donors (Lipinski definition) is 3. The van der Waals surface area contributed by atoms with Crippen LogP contribution in [0.1, 0.15) is 21.5 Å². The number of esters is 1. The van der Waals surface area contributed by atoms with E-state index in [1.54, 1.807) is 24.3 Å². The van der Waals surface area contributed by atoms with Crippen molar-refractivity contribution in [2.24, 2.45) is 0 Å². The summed E-state index contributed by atoms with van der Waals surface area (Å²) in [7, 11) is 1.34. The first-order valence-electron chi connectivity index (χ1n) is 6.46. The van der Waals surface area contributed by atoms with Crippen molar-refractivity contribution in [3.63, 3.8) is 0 Å². The van der Waals surface area contributed by atoms with Gasteiger partial charge < -0.3 is 20.3 Å². The third-order valence-electron chi connectivity index (χ3n) is 3.31. The van der Waals surface area contributed by atoms with Crippen molar-refractivity contribution < 1.29 is 19.7 Å². The minimum atomic E-state index is -0.392. The van der Waals surface area contributed by atoms with Gasteiger partial charge in [0.25, 0.3) is 0 Å². The zero-order valence-corrected chi connectivity index (χ0v) is 11.9. The molecule has 0 amide bonds. The molecule has 2 rings (SSSR count). The molecule has 0 aromatic heterocycles. The van der Waals surface area contributed by atoms with Crippen molar-refractivity contribution in [3.8, 4) is 11.5 Å². The highest BCUT2D eigenvalue weighted by Crippen LogP contribution is 2.29. The maximum atomic E-state index is 11.6. The van der Waals surface area contributed by atoms with Gasteiger partial charge in [0.1, 0.15) is 0 Å². The number of carbonyl (C=O) groups excluding carboxylic acids is 1. The second-order valence-corrected chi connectivity index (χ2v) is 4.61. The minimum absolute atomic E-state index is 0.147. The van der Waals surface area contributed by atoms with E-state index >= 15 is 0 Å². The topological polar surface area (TPSA) is 78.8 Å². The molecule has 0 aliphatic rings. The van der Waals surface area contributed by atoms with Crippen LogP contribution in [-0.4, -0.2) is 23.3 Å². The fraction of sp³-hybridized carbons (Fsp3) is 0.188. The number of nitrogens with one attached hydrogen (secondary N) is 1. The number of ether oxygens (including phenoxy) is 1. The molecule has 0 unspecified atom stereocenters. The smallest absolute Gasteiger partial charge is 0.338 e. The number of carbonyl (C=O) groups is 1. The number of rotatable bonds is 4. The first-order valence-corrected chi connectivity index (χ1v) is 6.46. The van der Waals surface area contributed by atoms with Gasteiger partial charge in [-0.05, 0) is 30.7 Å². The average molecular weight is 287 g/mol. The Hall–Kier alpha value is -2.69. The van der Waals surface area contributed by atoms with Crippen LogP contribution in [0.2, 0.25) is 0 Å². The van der Waals surface area contributed by atoms with E-state index in [1.807, 2.05) is 13.0 Å². The van der Waals surface area contributed by atoms with E-state index in [0.29, 0.717) is 17.7 Å². The van der Waals surface area contributed by atoms with E-state index < -0.39 is 5.97 Å². The van der Waals surface area contributed by atoms with Gasteiger partial charge in [-0.25, -0.2) is 4.79 Å². The molecular formula is C16H17NO4. The van der Waals surface area contributed by atoms with Gasteiger partial charge >= 0.3 is 5.97 Å². The number of anilines is 1. The first-order chi connectivity index (χ1) is 10.0. The molecular weight excluding hydrogens is 270 g/mol. The van der Waals surface area contributed by atoms with Gasteiger partial charge in [-0.2, -0.15) is 0 Å². The van der Waals surface area contributed by atoms with Crippen molar-refractivity contribution in [3.05, 3.63) is 53.1 Å². The zero-order chi connectivity index (χ0) is 15.4. The van der Waals surface area contributed by atoms with E-state index in [1.165, 1.54) is 13.2 Å². The van der Waals surface area contributed by atoms with E-state index in [9.17, 15) is 15.0 Å². The normalized spacial score (nSPS) is 10.2. The Bertz CT molecular complexity index is 667. The fourth-order valence-electron chi connectivity index (χ4n) is 2.07. The van der Waals surface area contributed by atoms with Crippen molar-refractivity contribution in [1.82, 2.24) is 0 Å². The highest BCUT2D eigenvalue weighted by atomic mass is 16.5. The molecule has 0 saturated heterocycles. The second kappa shape index (κ2) is 6.17. The first kappa shape index (κ1) is 14.7. The van der Waals surface area contributed by atoms with Crippen LogP contribution in [0, 0.1) is 6.92 Å². The lowest BCUT2D eigenvalue weighted by atomic mass is 10.1. The zero-order valence-electron chi connectivity index (χ0n) is 11.9. The average Bonchev–Trinajstić information content (AvgIpc) is 2.49. The summed E-state index contributed by atoms with van der Waals surface area (Å²) >= 11 is 0. The number of aromatic hydroxyl groups is 2. The Labute approximate surface area is 122 Å². The molecule has 0 saturated carbocycles. The summed E-state index contributed by atoms with van der Waals surface area (Å²) in [5, 5.41) is 22.4. The Morgan fingerprint density at radius 1 is 1.19 bits per heavy atom. The number of phenols is 2. The molecule has 0 radical (unpaired) electrons. The predicted molar refractivity (Wildman–Crippen MR) is 79.6 cm³/mol. The Morgan fingerprint density at radius 2 is 1.90 bits per heavy atom. The summed E-state index contributed by atoms with van der Waals surface area (Å²) in [5.74, 6) is -0.697. The maximum Gasteiger partial charge on any atom is 0.338 e. The molecule has 0 spiro atoms. The van der Waals surface area contributed by atoms with Crippen molar-refractivity contribution in [2.75, 3.05) is 12.4 Å². The molecule has 5 heteroatoms. The summed E-state index contributed by atoms with van der Waals surface area (Å²) in [5.41, 5.74) is 2.59. The van der Waals surface area contributed by atoms with Gasteiger partial charge in [-0.1, -0.05) is 18.2 Å². The molecule has 0 heterocycles. The second-order valence-electron chi connectivity index (χ2n) is 4.61. The number of benzene rings is 2. The fourth-order valence-corrected chi connectivity index (χ4v) is 2.07. The van der Waals surface area contributed by atoms with E-state index in [-0.39, 0.29) is 11.5 Å². The van der Waals surface area contributed by atoms with Crippen LogP contribution in [0.3, 0.4) is 0 Å². The summed E-state index contributed by atoms with van der Waals surface area (Å²) in [4.78, 5) is 11.6. The number of hydrogen-bond acceptors (Lipinski definition) is 5. The van der Waals surface area contributed by atoms with E-state index in [0.717, 1.165) is 11.3 Å². The number of methoxy groups -OCH3 is 1. The molecule has 2 aromatic rings. The third kappa shape index (κ3) is 3.08. The summed E-state index contributed by atoms with van der Waals surface area (Å²) < 4.78 is 4.73. The van der Waals surface area contributed by atoms with Crippen molar-refractivity contribution in [1.29, 1.82) is 0 Å². The van der Waals surface area contributed by atoms with Crippen LogP contribution >= 0.6 is 0 Å². The largest absolute Gasteiger partial charge is 0.504 e. The monoisotopic (exact) mass is 287 g/mol. The molecule has 110 valence electrons. The van der Waals surface area contributed by atoms with Gasteiger partial charge in [-0.15, -0.1) is 0 Å². The number of phenolic OH excluding ortho intramolecular Hbond substituents is 2. The standard InChI is InChI=1S/C16H17NO4/c1-10-12(16(20)21-2)6-4-7-13(10)17-9-11-5-3-8-14(18)15(11)19/h3-8,17-19H,9H2,1-2H3. The number of para-hydroxylation sites is 1. The molecule has 0 fully saturated rings. The SMILES string of the molecule is COC(=O)c1cccc(NCc2cccc(O)c2O)c1C. The molecule has 21 heavy (non-hydrogen) atoms. The lowest BCUT2D eigenvalue weighted by Crippen LogP contribution is -2.07. The minimum Gasteiger partial charge on any atom is -0.504 e. The lowest BCUT2D eigenvalue weighted by molar-refractivity contribution is 0.0600. The molecule has 3 N–H and O–H groups in total. The molecule has 5 nitrogen and oxygen atoms in total. The Morgan fingerprint density at radius 3 is 2.62 bits per heavy atom. The maximum absolute atomic E-state index is 11.6. The quantitative estimate of drug-likeness (QED) is 0.595. The van der Waals surface area contributed by atoms with Crippen LogP contribution < -0.4 is 5.32 Å². The van der Waals surface area contributed by atoms with Gasteiger partial charge in [0.05, 0.1) is 12.7 Å². The van der Waals surface area contributed by atoms with Crippen LogP contribution in [0.15, 0.2) is 36.4 Å². The van der Waals surface area contributed by atoms with E-state index in [2.05, 4.69) is 5.32 Å². The van der Waals surface area contributed by atoms with Crippen LogP contribution in [-0.2, 0) is 11.3 Å². The molecule has 0 bridgehead atoms. The highest BCUT2D eigenvalue weighted by Gasteiger charge is 2.12. The Balaban J connectivity index is 2.21. The van der Waals surface area contributed by atoms with Crippen molar-refractivity contribution >= 4 is 11.7 Å². The van der Waals surface area contributed by atoms with Crippen LogP contribution in [0.25, 0.3) is 0 Å². The molecule has 0 aliphatic carbocycles. The summed E-state index contributed by atoms with van der Waals surface area (Å²) in [6.45, 7) is 2.14. The van der Waals surface area contributed by atoms with E-state index in [4.69, 9.17) is 4.74 Å². The lowest BCUT2D eigenvalue weighted by Gasteiger charge is -2.13. The van der Waals surface area contributed by atoms with Crippen LogP contribution in [0.5, 0.6) is 11.5 Å².